The quantitative estimate of drug-likeness (QED) is 0.816. The maximum Gasteiger partial charge on any atom is 0.410 e. The topological polar surface area (TPSA) is 58.2 Å². The Kier molecular flexibility index (Phi) is 4.66. The number of benzene rings is 1. The van der Waals surface area contributed by atoms with Gasteiger partial charge in [0.25, 0.3) is 0 Å². The van der Waals surface area contributed by atoms with Gasteiger partial charge in [-0.05, 0) is 37.5 Å². The van der Waals surface area contributed by atoms with E-state index in [9.17, 15) is 4.79 Å². The fourth-order valence-corrected chi connectivity index (χ4v) is 3.18. The van der Waals surface area contributed by atoms with Crippen molar-refractivity contribution in [3.63, 3.8) is 0 Å². The number of carbonyl (C=O) groups is 1. The van der Waals surface area contributed by atoms with Crippen LogP contribution in [0.4, 0.5) is 4.79 Å². The summed E-state index contributed by atoms with van der Waals surface area (Å²) < 4.78 is 6.36. The Balaban J connectivity index is 1.77. The number of unbranched alkanes of at least 4 members (excludes halogenated alkanes) is 1. The zero-order chi connectivity index (χ0) is 15.5. The standard InChI is InChI=1S/C16H20BrN3O2/c1-2-3-9-22-16(21)20-8-4-5-14(20)15-18-12-7-6-11(17)10-13(12)19-15/h6-7,10,14H,2-5,8-9H2,1H3,(H,18,19). The molecule has 0 spiro atoms. The average molecular weight is 366 g/mol. The molecular weight excluding hydrogens is 346 g/mol. The predicted octanol–water partition coefficient (Wildman–Crippen LogP) is 4.40. The second kappa shape index (κ2) is 6.69. The van der Waals surface area contributed by atoms with Crippen LogP contribution in [0, 0.1) is 0 Å². The molecule has 0 aliphatic carbocycles. The molecule has 1 N–H and O–H groups in total. The van der Waals surface area contributed by atoms with E-state index in [1.807, 2.05) is 18.2 Å². The van der Waals surface area contributed by atoms with Crippen LogP contribution in [0.2, 0.25) is 0 Å². The highest BCUT2D eigenvalue weighted by Crippen LogP contribution is 2.32. The number of hydrogen-bond acceptors (Lipinski definition) is 3. The Morgan fingerprint density at radius 2 is 2.41 bits per heavy atom. The Bertz CT molecular complexity index is 670. The summed E-state index contributed by atoms with van der Waals surface area (Å²) in [7, 11) is 0. The number of amides is 1. The Labute approximate surface area is 138 Å². The van der Waals surface area contributed by atoms with Crippen LogP contribution in [0.3, 0.4) is 0 Å². The molecule has 3 rings (SSSR count). The second-order valence-electron chi connectivity index (χ2n) is 5.60. The summed E-state index contributed by atoms with van der Waals surface area (Å²) in [6.07, 6.45) is 3.61. The number of ether oxygens (including phenoxy) is 1. The van der Waals surface area contributed by atoms with E-state index in [0.29, 0.717) is 6.61 Å². The smallest absolute Gasteiger partial charge is 0.410 e. The Hall–Kier alpha value is -1.56. The van der Waals surface area contributed by atoms with Gasteiger partial charge in [0.2, 0.25) is 0 Å². The minimum atomic E-state index is -0.224. The maximum absolute atomic E-state index is 12.2. The Morgan fingerprint density at radius 3 is 3.23 bits per heavy atom. The van der Waals surface area contributed by atoms with Crippen molar-refractivity contribution >= 4 is 33.1 Å². The van der Waals surface area contributed by atoms with E-state index in [1.165, 1.54) is 0 Å². The number of halogens is 1. The highest BCUT2D eigenvalue weighted by atomic mass is 79.9. The lowest BCUT2D eigenvalue weighted by molar-refractivity contribution is 0.0957. The molecule has 2 heterocycles. The summed E-state index contributed by atoms with van der Waals surface area (Å²) in [5.74, 6) is 0.845. The third-order valence-electron chi connectivity index (χ3n) is 3.99. The van der Waals surface area contributed by atoms with Crippen LogP contribution in [0.5, 0.6) is 0 Å². The molecule has 0 bridgehead atoms. The first-order valence-electron chi connectivity index (χ1n) is 7.77. The van der Waals surface area contributed by atoms with Gasteiger partial charge < -0.3 is 9.72 Å². The second-order valence-corrected chi connectivity index (χ2v) is 6.52. The molecule has 1 fully saturated rings. The first-order chi connectivity index (χ1) is 10.7. The van der Waals surface area contributed by atoms with Crippen LogP contribution in [0.15, 0.2) is 22.7 Å². The number of aromatic amines is 1. The van der Waals surface area contributed by atoms with Crippen LogP contribution < -0.4 is 0 Å². The van der Waals surface area contributed by atoms with Gasteiger partial charge in [-0.2, -0.15) is 0 Å². The summed E-state index contributed by atoms with van der Waals surface area (Å²) in [6, 6.07) is 5.93. The molecule has 0 radical (unpaired) electrons. The van der Waals surface area contributed by atoms with Crippen LogP contribution in [0.25, 0.3) is 11.0 Å². The molecule has 1 aliphatic rings. The van der Waals surface area contributed by atoms with Gasteiger partial charge in [0.1, 0.15) is 5.82 Å². The monoisotopic (exact) mass is 365 g/mol. The van der Waals surface area contributed by atoms with Gasteiger partial charge in [-0.1, -0.05) is 29.3 Å². The number of fused-ring (bicyclic) bond motifs is 1. The summed E-state index contributed by atoms with van der Waals surface area (Å²) in [6.45, 7) is 3.31. The number of carbonyl (C=O) groups excluding carboxylic acids is 1. The summed E-state index contributed by atoms with van der Waals surface area (Å²) >= 11 is 3.46. The SMILES string of the molecule is CCCCOC(=O)N1CCCC1c1nc2ccc(Br)cc2[nH]1. The van der Waals surface area contributed by atoms with Crippen LogP contribution in [-0.2, 0) is 4.74 Å². The lowest BCUT2D eigenvalue weighted by Gasteiger charge is -2.22. The molecule has 6 heteroatoms. The lowest BCUT2D eigenvalue weighted by atomic mass is 10.2. The van der Waals surface area contributed by atoms with E-state index in [4.69, 9.17) is 4.74 Å². The highest BCUT2D eigenvalue weighted by Gasteiger charge is 2.33. The summed E-state index contributed by atoms with van der Waals surface area (Å²) in [5.41, 5.74) is 1.90. The number of nitrogens with zero attached hydrogens (tertiary/aromatic N) is 2. The molecule has 1 amide bonds. The number of aromatic nitrogens is 2. The van der Waals surface area contributed by atoms with Crippen LogP contribution in [-0.4, -0.2) is 34.1 Å². The summed E-state index contributed by atoms with van der Waals surface area (Å²) in [4.78, 5) is 22.0. The number of nitrogens with one attached hydrogen (secondary N) is 1. The van der Waals surface area contributed by atoms with Crippen molar-refractivity contribution in [3.8, 4) is 0 Å². The van der Waals surface area contributed by atoms with Gasteiger partial charge in [0.15, 0.2) is 0 Å². The molecule has 1 aromatic heterocycles. The van der Waals surface area contributed by atoms with Crippen molar-refractivity contribution < 1.29 is 9.53 Å². The highest BCUT2D eigenvalue weighted by molar-refractivity contribution is 9.10. The van der Waals surface area contributed by atoms with Crippen molar-refractivity contribution in [1.82, 2.24) is 14.9 Å². The van der Waals surface area contributed by atoms with Crippen LogP contribution in [0.1, 0.15) is 44.5 Å². The number of imidazole rings is 1. The minimum Gasteiger partial charge on any atom is -0.449 e. The van der Waals surface area contributed by atoms with Gasteiger partial charge in [0, 0.05) is 11.0 Å². The molecule has 1 atom stereocenters. The van der Waals surface area contributed by atoms with Crippen molar-refractivity contribution in [2.45, 2.75) is 38.6 Å². The zero-order valence-corrected chi connectivity index (χ0v) is 14.2. The van der Waals surface area contributed by atoms with E-state index in [1.54, 1.807) is 4.90 Å². The molecule has 22 heavy (non-hydrogen) atoms. The third-order valence-corrected chi connectivity index (χ3v) is 4.48. The molecule has 1 aliphatic heterocycles. The lowest BCUT2D eigenvalue weighted by Crippen LogP contribution is -2.31. The van der Waals surface area contributed by atoms with Crippen molar-refractivity contribution in [1.29, 1.82) is 0 Å². The van der Waals surface area contributed by atoms with E-state index in [2.05, 4.69) is 32.8 Å². The number of hydrogen-bond donors (Lipinski definition) is 1. The first kappa shape index (κ1) is 15.3. The fraction of sp³-hybridized carbons (Fsp3) is 0.500. The van der Waals surface area contributed by atoms with E-state index >= 15 is 0 Å². The van der Waals surface area contributed by atoms with Gasteiger partial charge >= 0.3 is 6.09 Å². The van der Waals surface area contributed by atoms with Gasteiger partial charge in [-0.3, -0.25) is 4.90 Å². The maximum atomic E-state index is 12.2. The van der Waals surface area contributed by atoms with Crippen molar-refractivity contribution in [3.05, 3.63) is 28.5 Å². The average Bonchev–Trinajstić information content (AvgIpc) is 3.12. The molecule has 1 unspecified atom stereocenters. The predicted molar refractivity (Wildman–Crippen MR) is 88.7 cm³/mol. The van der Waals surface area contributed by atoms with Gasteiger partial charge in [-0.15, -0.1) is 0 Å². The third kappa shape index (κ3) is 3.11. The molecule has 5 nitrogen and oxygen atoms in total. The molecule has 118 valence electrons. The number of H-pyrrole nitrogens is 1. The van der Waals surface area contributed by atoms with Crippen LogP contribution >= 0.6 is 15.9 Å². The molecular formula is C16H20BrN3O2. The molecule has 0 saturated carbocycles. The van der Waals surface area contributed by atoms with Crippen molar-refractivity contribution in [2.24, 2.45) is 0 Å². The van der Waals surface area contributed by atoms with E-state index < -0.39 is 0 Å². The molecule has 1 saturated heterocycles. The normalized spacial score (nSPS) is 18.1. The van der Waals surface area contributed by atoms with Crippen molar-refractivity contribution in [2.75, 3.05) is 13.2 Å². The number of rotatable bonds is 4. The van der Waals surface area contributed by atoms with E-state index in [0.717, 1.165) is 53.6 Å². The molecule has 2 aromatic rings. The molecule has 1 aromatic carbocycles. The van der Waals surface area contributed by atoms with Gasteiger partial charge in [0.05, 0.1) is 23.7 Å². The number of likely N-dealkylation sites (tertiary alicyclic amines) is 1. The largest absolute Gasteiger partial charge is 0.449 e. The Morgan fingerprint density at radius 1 is 1.55 bits per heavy atom. The van der Waals surface area contributed by atoms with Gasteiger partial charge in [-0.25, -0.2) is 9.78 Å². The summed E-state index contributed by atoms with van der Waals surface area (Å²) in [5, 5.41) is 0. The minimum absolute atomic E-state index is 0.0136. The fourth-order valence-electron chi connectivity index (χ4n) is 2.82. The van der Waals surface area contributed by atoms with E-state index in [-0.39, 0.29) is 12.1 Å². The zero-order valence-electron chi connectivity index (χ0n) is 12.6. The first-order valence-corrected chi connectivity index (χ1v) is 8.57.